The van der Waals surface area contributed by atoms with Crippen LogP contribution in [0.15, 0.2) is 54.6 Å². The summed E-state index contributed by atoms with van der Waals surface area (Å²) in [5.74, 6) is 1.82. The molecule has 1 heterocycles. The molecule has 29 heavy (non-hydrogen) atoms. The van der Waals surface area contributed by atoms with Gasteiger partial charge in [-0.3, -0.25) is 9.69 Å². The summed E-state index contributed by atoms with van der Waals surface area (Å²) in [7, 11) is 0. The molecule has 0 unspecified atom stereocenters. The molecule has 2 aromatic carbocycles. The zero-order valence-electron chi connectivity index (χ0n) is 17.3. The third-order valence-electron chi connectivity index (χ3n) is 4.93. The molecule has 1 aliphatic heterocycles. The zero-order chi connectivity index (χ0) is 20.5. The number of ether oxygens (including phenoxy) is 2. The van der Waals surface area contributed by atoms with E-state index in [0.717, 1.165) is 49.8 Å². The van der Waals surface area contributed by atoms with Crippen LogP contribution in [0.4, 0.5) is 0 Å². The maximum absolute atomic E-state index is 12.5. The van der Waals surface area contributed by atoms with Crippen LogP contribution in [0.2, 0.25) is 0 Å². The van der Waals surface area contributed by atoms with Gasteiger partial charge in [-0.15, -0.1) is 0 Å². The van der Waals surface area contributed by atoms with Crippen LogP contribution >= 0.6 is 0 Å². The van der Waals surface area contributed by atoms with Crippen LogP contribution in [0, 0.1) is 0 Å². The molecule has 0 spiro atoms. The van der Waals surface area contributed by atoms with Crippen molar-refractivity contribution in [2.45, 2.75) is 20.4 Å². The highest BCUT2D eigenvalue weighted by molar-refractivity contribution is 5.91. The molecule has 5 nitrogen and oxygen atoms in total. The van der Waals surface area contributed by atoms with Crippen LogP contribution < -0.4 is 9.47 Å². The minimum atomic E-state index is 0.0691. The number of nitrogens with zero attached hydrogens (tertiary/aromatic N) is 2. The van der Waals surface area contributed by atoms with Gasteiger partial charge in [0.2, 0.25) is 5.91 Å². The summed E-state index contributed by atoms with van der Waals surface area (Å²) in [5.41, 5.74) is 2.26. The first-order valence-electron chi connectivity index (χ1n) is 10.3. The topological polar surface area (TPSA) is 42.0 Å². The second-order valence-electron chi connectivity index (χ2n) is 7.01. The monoisotopic (exact) mass is 394 g/mol. The Balaban J connectivity index is 1.45. The van der Waals surface area contributed by atoms with Gasteiger partial charge < -0.3 is 14.4 Å². The molecule has 3 rings (SSSR count). The van der Waals surface area contributed by atoms with E-state index in [1.54, 1.807) is 6.08 Å². The fraction of sp³-hybridized carbons (Fsp3) is 0.375. The molecule has 1 fully saturated rings. The van der Waals surface area contributed by atoms with Crippen LogP contribution in [0.5, 0.6) is 11.5 Å². The van der Waals surface area contributed by atoms with Crippen molar-refractivity contribution in [3.05, 3.63) is 65.7 Å². The molecule has 2 aromatic rings. The predicted molar refractivity (Wildman–Crippen MR) is 116 cm³/mol. The van der Waals surface area contributed by atoms with Gasteiger partial charge in [0.15, 0.2) is 0 Å². The van der Waals surface area contributed by atoms with Crippen molar-refractivity contribution >= 4 is 12.0 Å². The second-order valence-corrected chi connectivity index (χ2v) is 7.01. The first-order valence-corrected chi connectivity index (χ1v) is 10.3. The lowest BCUT2D eigenvalue weighted by molar-refractivity contribution is -0.127. The van der Waals surface area contributed by atoms with Gasteiger partial charge >= 0.3 is 0 Å². The van der Waals surface area contributed by atoms with Gasteiger partial charge in [-0.2, -0.15) is 0 Å². The number of carbonyl (C=O) groups is 1. The Morgan fingerprint density at radius 1 is 0.862 bits per heavy atom. The molecule has 0 N–H and O–H groups in total. The lowest BCUT2D eigenvalue weighted by Crippen LogP contribution is -2.47. The van der Waals surface area contributed by atoms with E-state index in [9.17, 15) is 4.79 Å². The average Bonchev–Trinajstić information content (AvgIpc) is 2.75. The van der Waals surface area contributed by atoms with Crippen LogP contribution in [0.25, 0.3) is 6.08 Å². The van der Waals surface area contributed by atoms with Crippen molar-refractivity contribution in [2.75, 3.05) is 39.4 Å². The van der Waals surface area contributed by atoms with Gasteiger partial charge in [0.05, 0.1) is 13.2 Å². The molecule has 1 amide bonds. The third-order valence-corrected chi connectivity index (χ3v) is 4.93. The van der Waals surface area contributed by atoms with Gasteiger partial charge in [0.1, 0.15) is 11.5 Å². The van der Waals surface area contributed by atoms with Gasteiger partial charge in [0.25, 0.3) is 0 Å². The Hall–Kier alpha value is -2.79. The van der Waals surface area contributed by atoms with Crippen LogP contribution in [-0.4, -0.2) is 55.1 Å². The molecule has 5 heteroatoms. The summed E-state index contributed by atoms with van der Waals surface area (Å²) in [5, 5.41) is 0. The fourth-order valence-corrected chi connectivity index (χ4v) is 3.36. The molecular formula is C24H30N2O3. The number of hydrogen-bond acceptors (Lipinski definition) is 4. The minimum Gasteiger partial charge on any atom is -0.494 e. The molecule has 0 aromatic heterocycles. The van der Waals surface area contributed by atoms with E-state index in [1.165, 1.54) is 5.56 Å². The summed E-state index contributed by atoms with van der Waals surface area (Å²) in [6.07, 6.45) is 3.53. The smallest absolute Gasteiger partial charge is 0.246 e. The molecule has 0 bridgehead atoms. The SMILES string of the molecule is CCOc1ccc(/C=C/C(=O)N2CCN(Cc3ccc(OCC)cc3)CC2)cc1. The lowest BCUT2D eigenvalue weighted by atomic mass is 10.2. The maximum atomic E-state index is 12.5. The van der Waals surface area contributed by atoms with Crippen LogP contribution in [0.3, 0.4) is 0 Å². The Morgan fingerprint density at radius 2 is 1.41 bits per heavy atom. The number of piperazine rings is 1. The molecule has 0 aliphatic carbocycles. The summed E-state index contributed by atoms with van der Waals surface area (Å²) >= 11 is 0. The molecule has 1 saturated heterocycles. The minimum absolute atomic E-state index is 0.0691. The quantitative estimate of drug-likeness (QED) is 0.638. The molecular weight excluding hydrogens is 364 g/mol. The normalized spacial score (nSPS) is 14.9. The van der Waals surface area contributed by atoms with Crippen molar-refractivity contribution in [2.24, 2.45) is 0 Å². The predicted octanol–water partition coefficient (Wildman–Crippen LogP) is 3.84. The van der Waals surface area contributed by atoms with E-state index in [0.29, 0.717) is 13.2 Å². The highest BCUT2D eigenvalue weighted by Gasteiger charge is 2.19. The Kier molecular flexibility index (Phi) is 7.70. The van der Waals surface area contributed by atoms with Crippen molar-refractivity contribution in [3.8, 4) is 11.5 Å². The lowest BCUT2D eigenvalue weighted by Gasteiger charge is -2.34. The Bertz CT molecular complexity index is 792. The largest absolute Gasteiger partial charge is 0.494 e. The Morgan fingerprint density at radius 3 is 1.97 bits per heavy atom. The number of hydrogen-bond donors (Lipinski definition) is 0. The van der Waals surface area contributed by atoms with E-state index in [1.807, 2.05) is 61.2 Å². The summed E-state index contributed by atoms with van der Waals surface area (Å²) in [6, 6.07) is 16.0. The van der Waals surface area contributed by atoms with Crippen molar-refractivity contribution < 1.29 is 14.3 Å². The highest BCUT2D eigenvalue weighted by Crippen LogP contribution is 2.16. The van der Waals surface area contributed by atoms with Crippen molar-refractivity contribution in [1.29, 1.82) is 0 Å². The zero-order valence-corrected chi connectivity index (χ0v) is 17.3. The van der Waals surface area contributed by atoms with Gasteiger partial charge in [-0.25, -0.2) is 0 Å². The summed E-state index contributed by atoms with van der Waals surface area (Å²) in [4.78, 5) is 16.8. The van der Waals surface area contributed by atoms with E-state index in [2.05, 4.69) is 17.0 Å². The van der Waals surface area contributed by atoms with E-state index in [4.69, 9.17) is 9.47 Å². The van der Waals surface area contributed by atoms with Crippen molar-refractivity contribution in [1.82, 2.24) is 9.80 Å². The number of amides is 1. The van der Waals surface area contributed by atoms with Crippen molar-refractivity contribution in [3.63, 3.8) is 0 Å². The standard InChI is InChI=1S/C24H30N2O3/c1-3-28-22-10-5-20(6-11-22)9-14-24(27)26-17-15-25(16-18-26)19-21-7-12-23(13-8-21)29-4-2/h5-14H,3-4,15-19H2,1-2H3/b14-9+. The highest BCUT2D eigenvalue weighted by atomic mass is 16.5. The van der Waals surface area contributed by atoms with E-state index in [-0.39, 0.29) is 5.91 Å². The average molecular weight is 395 g/mol. The van der Waals surface area contributed by atoms with Gasteiger partial charge in [-0.05, 0) is 55.3 Å². The molecule has 0 saturated carbocycles. The molecule has 0 radical (unpaired) electrons. The fourth-order valence-electron chi connectivity index (χ4n) is 3.36. The van der Waals surface area contributed by atoms with Gasteiger partial charge in [0, 0.05) is 38.8 Å². The van der Waals surface area contributed by atoms with E-state index < -0.39 is 0 Å². The third kappa shape index (κ3) is 6.36. The maximum Gasteiger partial charge on any atom is 0.246 e. The summed E-state index contributed by atoms with van der Waals surface area (Å²) < 4.78 is 10.9. The van der Waals surface area contributed by atoms with E-state index >= 15 is 0 Å². The molecule has 154 valence electrons. The Labute approximate surface area is 173 Å². The number of benzene rings is 2. The summed E-state index contributed by atoms with van der Waals surface area (Å²) in [6.45, 7) is 9.46. The van der Waals surface area contributed by atoms with Gasteiger partial charge in [-0.1, -0.05) is 24.3 Å². The number of rotatable bonds is 8. The first-order chi connectivity index (χ1) is 14.2. The van der Waals surface area contributed by atoms with Crippen LogP contribution in [-0.2, 0) is 11.3 Å². The number of carbonyl (C=O) groups excluding carboxylic acids is 1. The second kappa shape index (κ2) is 10.7. The van der Waals surface area contributed by atoms with Crippen LogP contribution in [0.1, 0.15) is 25.0 Å². The molecule has 1 aliphatic rings. The molecule has 0 atom stereocenters. The first kappa shape index (κ1) is 20.9.